The normalized spacial score (nSPS) is 12.9. The number of carbonyl (C=O) groups excluding carboxylic acids is 1. The maximum atomic E-state index is 12.6. The molecule has 0 aliphatic rings. The van der Waals surface area contributed by atoms with Gasteiger partial charge in [0.2, 0.25) is 0 Å². The smallest absolute Gasteiger partial charge is 0.410 e. The molecule has 1 aromatic rings. The molecule has 0 saturated heterocycles. The highest BCUT2D eigenvalue weighted by atomic mass is 28.3. The summed E-state index contributed by atoms with van der Waals surface area (Å²) in [5.74, 6) is 0. The minimum Gasteiger partial charge on any atom is -0.444 e. The predicted molar refractivity (Wildman–Crippen MR) is 100 cm³/mol. The monoisotopic (exact) mass is 333 g/mol. The fourth-order valence-electron chi connectivity index (χ4n) is 2.28. The van der Waals surface area contributed by atoms with Gasteiger partial charge in [-0.25, -0.2) is 4.79 Å². The van der Waals surface area contributed by atoms with E-state index in [2.05, 4.69) is 32.6 Å². The molecule has 23 heavy (non-hydrogen) atoms. The number of benzene rings is 1. The summed E-state index contributed by atoms with van der Waals surface area (Å²) in [5, 5.41) is 1.36. The average Bonchev–Trinajstić information content (AvgIpc) is 2.41. The van der Waals surface area contributed by atoms with Crippen LogP contribution in [0, 0.1) is 0 Å². The van der Waals surface area contributed by atoms with Crippen molar-refractivity contribution in [3.63, 3.8) is 0 Å². The highest BCUT2D eigenvalue weighted by molar-refractivity contribution is 6.83. The molecule has 0 unspecified atom stereocenters. The van der Waals surface area contributed by atoms with E-state index in [9.17, 15) is 4.79 Å². The first-order valence-electron chi connectivity index (χ1n) is 8.20. The lowest BCUT2D eigenvalue weighted by atomic mass is 10.2. The van der Waals surface area contributed by atoms with Crippen molar-refractivity contribution < 1.29 is 9.53 Å². The van der Waals surface area contributed by atoms with E-state index in [-0.39, 0.29) is 6.09 Å². The first kappa shape index (κ1) is 19.5. The molecule has 0 aliphatic carbocycles. The number of allylic oxidation sites excluding steroid dienone is 1. The molecule has 0 heterocycles. The Labute approximate surface area is 142 Å². The van der Waals surface area contributed by atoms with Crippen LogP contribution in [0.3, 0.4) is 0 Å². The van der Waals surface area contributed by atoms with E-state index < -0.39 is 13.7 Å². The standard InChI is InChI=1S/C19H31NO2Si/c1-8-17(23(5,6)7)15-20(18(21)22-19(2,3)4)14-16-12-10-9-11-13-16/h8-13H,14-15H2,1-7H3/b17-8-. The van der Waals surface area contributed by atoms with Crippen molar-refractivity contribution in [2.45, 2.75) is 59.5 Å². The van der Waals surface area contributed by atoms with E-state index in [1.807, 2.05) is 56.0 Å². The summed E-state index contributed by atoms with van der Waals surface area (Å²) in [6.07, 6.45) is 1.91. The van der Waals surface area contributed by atoms with Gasteiger partial charge in [-0.15, -0.1) is 0 Å². The number of hydrogen-bond donors (Lipinski definition) is 0. The molecule has 0 aliphatic heterocycles. The van der Waals surface area contributed by atoms with E-state index in [1.165, 1.54) is 5.20 Å². The van der Waals surface area contributed by atoms with Crippen molar-refractivity contribution in [2.24, 2.45) is 0 Å². The fraction of sp³-hybridized carbons (Fsp3) is 0.526. The van der Waals surface area contributed by atoms with Crippen LogP contribution < -0.4 is 0 Å². The Kier molecular flexibility index (Phi) is 6.63. The molecular weight excluding hydrogens is 302 g/mol. The van der Waals surface area contributed by atoms with Crippen LogP contribution >= 0.6 is 0 Å². The molecule has 0 N–H and O–H groups in total. The molecule has 0 radical (unpaired) electrons. The number of rotatable bonds is 5. The molecule has 1 rings (SSSR count). The molecule has 0 spiro atoms. The van der Waals surface area contributed by atoms with Crippen molar-refractivity contribution in [1.82, 2.24) is 4.90 Å². The summed E-state index contributed by atoms with van der Waals surface area (Å²) in [7, 11) is -1.46. The zero-order chi connectivity index (χ0) is 17.7. The maximum Gasteiger partial charge on any atom is 0.410 e. The molecule has 1 amide bonds. The van der Waals surface area contributed by atoms with Crippen LogP contribution in [0.4, 0.5) is 4.79 Å². The predicted octanol–water partition coefficient (Wildman–Crippen LogP) is 5.25. The van der Waals surface area contributed by atoms with Crippen molar-refractivity contribution in [2.75, 3.05) is 6.54 Å². The Bertz CT molecular complexity index is 539. The largest absolute Gasteiger partial charge is 0.444 e. The second kappa shape index (κ2) is 7.82. The third kappa shape index (κ3) is 7.04. The van der Waals surface area contributed by atoms with Gasteiger partial charge in [0.15, 0.2) is 0 Å². The van der Waals surface area contributed by atoms with Gasteiger partial charge in [0.1, 0.15) is 5.60 Å². The van der Waals surface area contributed by atoms with Gasteiger partial charge in [-0.2, -0.15) is 0 Å². The molecule has 0 bridgehead atoms. The lowest BCUT2D eigenvalue weighted by Gasteiger charge is -2.31. The zero-order valence-electron chi connectivity index (χ0n) is 15.6. The minimum absolute atomic E-state index is 0.251. The van der Waals surface area contributed by atoms with E-state index in [0.29, 0.717) is 13.1 Å². The van der Waals surface area contributed by atoms with Crippen LogP contribution in [-0.4, -0.2) is 31.2 Å². The molecule has 0 atom stereocenters. The van der Waals surface area contributed by atoms with Crippen LogP contribution in [0.15, 0.2) is 41.6 Å². The second-order valence-electron chi connectivity index (χ2n) is 7.89. The highest BCUT2D eigenvalue weighted by Crippen LogP contribution is 2.19. The molecule has 3 nitrogen and oxygen atoms in total. The second-order valence-corrected chi connectivity index (χ2v) is 13.0. The van der Waals surface area contributed by atoms with Crippen molar-refractivity contribution >= 4 is 14.2 Å². The zero-order valence-corrected chi connectivity index (χ0v) is 16.6. The van der Waals surface area contributed by atoms with Gasteiger partial charge in [0.05, 0.1) is 8.07 Å². The average molecular weight is 334 g/mol. The Balaban J connectivity index is 2.99. The summed E-state index contributed by atoms with van der Waals surface area (Å²) in [5.41, 5.74) is 0.630. The van der Waals surface area contributed by atoms with Crippen LogP contribution in [0.1, 0.15) is 33.3 Å². The topological polar surface area (TPSA) is 29.5 Å². The minimum atomic E-state index is -1.46. The third-order valence-corrected chi connectivity index (χ3v) is 5.91. The van der Waals surface area contributed by atoms with Gasteiger partial charge in [0, 0.05) is 13.1 Å². The number of amides is 1. The van der Waals surface area contributed by atoms with E-state index >= 15 is 0 Å². The molecule has 0 aromatic heterocycles. The van der Waals surface area contributed by atoms with E-state index in [1.54, 1.807) is 0 Å². The Morgan fingerprint density at radius 2 is 1.74 bits per heavy atom. The van der Waals surface area contributed by atoms with Gasteiger partial charge in [0.25, 0.3) is 0 Å². The van der Waals surface area contributed by atoms with E-state index in [0.717, 1.165) is 5.56 Å². The van der Waals surface area contributed by atoms with Crippen LogP contribution in [0.25, 0.3) is 0 Å². The van der Waals surface area contributed by atoms with Gasteiger partial charge in [-0.05, 0) is 33.3 Å². The van der Waals surface area contributed by atoms with Gasteiger partial charge in [-0.1, -0.05) is 61.2 Å². The first-order chi connectivity index (χ1) is 10.5. The third-order valence-electron chi connectivity index (χ3n) is 3.54. The lowest BCUT2D eigenvalue weighted by molar-refractivity contribution is 0.0254. The molecule has 4 heteroatoms. The number of nitrogens with zero attached hydrogens (tertiary/aromatic N) is 1. The van der Waals surface area contributed by atoms with Gasteiger partial charge in [-0.3, -0.25) is 0 Å². The molecule has 128 valence electrons. The summed E-state index contributed by atoms with van der Waals surface area (Å²) in [6.45, 7) is 15.9. The number of carbonyl (C=O) groups is 1. The van der Waals surface area contributed by atoms with Crippen LogP contribution in [-0.2, 0) is 11.3 Å². The van der Waals surface area contributed by atoms with Crippen molar-refractivity contribution in [3.8, 4) is 0 Å². The summed E-state index contributed by atoms with van der Waals surface area (Å²) in [4.78, 5) is 14.4. The van der Waals surface area contributed by atoms with Crippen LogP contribution in [0.2, 0.25) is 19.6 Å². The summed E-state index contributed by atoms with van der Waals surface area (Å²) in [6, 6.07) is 10.1. The van der Waals surface area contributed by atoms with Gasteiger partial charge >= 0.3 is 6.09 Å². The molecule has 1 aromatic carbocycles. The Morgan fingerprint density at radius 1 is 1.17 bits per heavy atom. The van der Waals surface area contributed by atoms with Crippen molar-refractivity contribution in [1.29, 1.82) is 0 Å². The molecule has 0 fully saturated rings. The number of hydrogen-bond acceptors (Lipinski definition) is 2. The first-order valence-corrected chi connectivity index (χ1v) is 11.7. The molecule has 0 saturated carbocycles. The Morgan fingerprint density at radius 3 is 2.17 bits per heavy atom. The quantitative estimate of drug-likeness (QED) is 0.689. The molecular formula is C19H31NO2Si. The summed E-state index contributed by atoms with van der Waals surface area (Å²) < 4.78 is 5.61. The van der Waals surface area contributed by atoms with Crippen LogP contribution in [0.5, 0.6) is 0 Å². The Hall–Kier alpha value is -1.55. The SMILES string of the molecule is C/C=C(/CN(Cc1ccccc1)C(=O)OC(C)(C)C)[Si](C)(C)C. The van der Waals surface area contributed by atoms with E-state index in [4.69, 9.17) is 4.74 Å². The van der Waals surface area contributed by atoms with Crippen molar-refractivity contribution in [3.05, 3.63) is 47.2 Å². The summed E-state index contributed by atoms with van der Waals surface area (Å²) >= 11 is 0. The highest BCUT2D eigenvalue weighted by Gasteiger charge is 2.27. The lowest BCUT2D eigenvalue weighted by Crippen LogP contribution is -2.41. The fourth-order valence-corrected chi connectivity index (χ4v) is 3.81. The van der Waals surface area contributed by atoms with Gasteiger partial charge < -0.3 is 9.64 Å². The maximum absolute atomic E-state index is 12.6. The number of ether oxygens (including phenoxy) is 1.